The fraction of sp³-hybridized carbons (Fsp3) is 0.545. The van der Waals surface area contributed by atoms with Crippen LogP contribution in [0.1, 0.15) is 38.5 Å². The molecule has 0 aromatic carbocycles. The number of ether oxygens (including phenoxy) is 1. The molecule has 2 aliphatic rings. The number of nitrogens with zero attached hydrogens (tertiary/aromatic N) is 7. The monoisotopic (exact) mass is 673 g/mol. The second-order valence-electron chi connectivity index (χ2n) is 10.1. The summed E-state index contributed by atoms with van der Waals surface area (Å²) in [5.74, 6) is 0.290. The molecule has 232 valence electrons. The molecule has 4 aromatic rings. The maximum atomic E-state index is 13.4. The second kappa shape index (κ2) is 12.2. The SMILES string of the molecule is CCOP(O)(=S)OC[C@H]1O[C@@H](n2cnc3c(N)ncnc32)C[C@@H]1OP(=O)(S)OCC1CC(n2cnc3c(=O)[nH]cnc32)C1. The van der Waals surface area contributed by atoms with Crippen molar-refractivity contribution < 1.29 is 32.3 Å². The minimum Gasteiger partial charge on any atom is -0.382 e. The van der Waals surface area contributed by atoms with Gasteiger partial charge in [-0.25, -0.2) is 29.5 Å². The van der Waals surface area contributed by atoms with Crippen LogP contribution in [0.25, 0.3) is 22.3 Å². The lowest BCUT2D eigenvalue weighted by Gasteiger charge is -2.36. The van der Waals surface area contributed by atoms with Crippen LogP contribution in [0.4, 0.5) is 5.82 Å². The molecule has 2 unspecified atom stereocenters. The van der Waals surface area contributed by atoms with E-state index >= 15 is 0 Å². The van der Waals surface area contributed by atoms with Gasteiger partial charge in [0.25, 0.3) is 5.56 Å². The predicted molar refractivity (Wildman–Crippen MR) is 160 cm³/mol. The average Bonchev–Trinajstić information content (AvgIpc) is 3.65. The first-order valence-electron chi connectivity index (χ1n) is 13.3. The Morgan fingerprint density at radius 2 is 1.84 bits per heavy atom. The van der Waals surface area contributed by atoms with Gasteiger partial charge in [0.1, 0.15) is 30.3 Å². The number of hydrogen-bond donors (Lipinski definition) is 4. The highest BCUT2D eigenvalue weighted by atomic mass is 32.7. The molecule has 0 spiro atoms. The largest absolute Gasteiger partial charge is 0.386 e. The number of anilines is 1. The van der Waals surface area contributed by atoms with E-state index in [0.717, 1.165) is 0 Å². The normalized spacial score (nSPS) is 26.8. The number of nitrogen functional groups attached to an aromatic ring is 1. The molecule has 5 atom stereocenters. The second-order valence-corrected chi connectivity index (χ2v) is 15.8. The van der Waals surface area contributed by atoms with Crippen LogP contribution in [0.5, 0.6) is 0 Å². The Kier molecular flexibility index (Phi) is 8.74. The number of aromatic amines is 1. The van der Waals surface area contributed by atoms with Crippen molar-refractivity contribution in [3.63, 3.8) is 0 Å². The summed E-state index contributed by atoms with van der Waals surface area (Å²) < 4.78 is 45.2. The number of H-pyrrole nitrogens is 1. The van der Waals surface area contributed by atoms with Gasteiger partial charge in [-0.3, -0.25) is 13.9 Å². The topological polar surface area (TPSA) is 217 Å². The van der Waals surface area contributed by atoms with E-state index < -0.39 is 32.0 Å². The summed E-state index contributed by atoms with van der Waals surface area (Å²) in [4.78, 5) is 45.6. The summed E-state index contributed by atoms with van der Waals surface area (Å²) in [6.45, 7) is -5.61. The zero-order chi connectivity index (χ0) is 30.4. The number of thiol groups is 1. The lowest BCUT2D eigenvalue weighted by atomic mass is 9.81. The van der Waals surface area contributed by atoms with Gasteiger partial charge in [-0.2, -0.15) is 0 Å². The number of rotatable bonds is 12. The molecule has 1 saturated heterocycles. The molecule has 4 N–H and O–H groups in total. The molecule has 4 aromatic heterocycles. The van der Waals surface area contributed by atoms with Crippen molar-refractivity contribution in [1.29, 1.82) is 0 Å². The Morgan fingerprint density at radius 3 is 2.63 bits per heavy atom. The minimum absolute atomic E-state index is 0.0762. The predicted octanol–water partition coefficient (Wildman–Crippen LogP) is 2.49. The Morgan fingerprint density at radius 1 is 1.09 bits per heavy atom. The van der Waals surface area contributed by atoms with Gasteiger partial charge in [0.2, 0.25) is 0 Å². The first kappa shape index (κ1) is 30.7. The number of aromatic nitrogens is 8. The average molecular weight is 674 g/mol. The molecule has 43 heavy (non-hydrogen) atoms. The van der Waals surface area contributed by atoms with Crippen molar-refractivity contribution >= 4 is 65.7 Å². The highest BCUT2D eigenvalue weighted by Crippen LogP contribution is 2.57. The molecule has 2 fully saturated rings. The van der Waals surface area contributed by atoms with E-state index in [2.05, 4.69) is 42.2 Å². The summed E-state index contributed by atoms with van der Waals surface area (Å²) in [7, 11) is 0. The van der Waals surface area contributed by atoms with Gasteiger partial charge < -0.3 is 38.5 Å². The Hall–Kier alpha value is -2.31. The molecule has 0 amide bonds. The Balaban J connectivity index is 1.10. The Bertz CT molecular complexity index is 1780. The van der Waals surface area contributed by atoms with Crippen LogP contribution in [0.2, 0.25) is 0 Å². The Labute approximate surface area is 254 Å². The highest BCUT2D eigenvalue weighted by Gasteiger charge is 2.43. The number of fused-ring (bicyclic) bond motifs is 2. The number of imidazole rings is 2. The molecule has 0 bridgehead atoms. The van der Waals surface area contributed by atoms with Crippen molar-refractivity contribution in [2.45, 2.75) is 50.7 Å². The highest BCUT2D eigenvalue weighted by molar-refractivity contribution is 8.44. The van der Waals surface area contributed by atoms with Gasteiger partial charge in [0, 0.05) is 12.5 Å². The molecular formula is C22H29N9O8P2S2. The van der Waals surface area contributed by atoms with Gasteiger partial charge in [0.05, 0.1) is 38.8 Å². The van der Waals surface area contributed by atoms with E-state index in [0.29, 0.717) is 29.7 Å². The minimum atomic E-state index is -3.87. The third kappa shape index (κ3) is 6.56. The summed E-state index contributed by atoms with van der Waals surface area (Å²) >= 11 is 9.26. The van der Waals surface area contributed by atoms with Crippen molar-refractivity contribution in [3.8, 4) is 0 Å². The number of nitrogens with two attached hydrogens (primary N) is 1. The zero-order valence-electron chi connectivity index (χ0n) is 22.7. The fourth-order valence-electron chi connectivity index (χ4n) is 5.18. The molecule has 21 heteroatoms. The third-order valence-corrected chi connectivity index (χ3v) is 10.6. The van der Waals surface area contributed by atoms with Gasteiger partial charge in [-0.05, 0) is 37.5 Å². The first-order chi connectivity index (χ1) is 20.5. The van der Waals surface area contributed by atoms with Crippen molar-refractivity contribution in [3.05, 3.63) is 35.7 Å². The number of nitrogens with one attached hydrogen (secondary N) is 1. The van der Waals surface area contributed by atoms with Crippen LogP contribution >= 0.6 is 25.8 Å². The van der Waals surface area contributed by atoms with Gasteiger partial charge in [-0.1, -0.05) is 12.2 Å². The van der Waals surface area contributed by atoms with E-state index in [9.17, 15) is 14.3 Å². The molecule has 0 radical (unpaired) electrons. The quantitative estimate of drug-likeness (QED) is 0.125. The number of hydrogen-bond acceptors (Lipinski definition) is 14. The molecule has 1 saturated carbocycles. The van der Waals surface area contributed by atoms with Crippen LogP contribution < -0.4 is 11.3 Å². The molecule has 5 heterocycles. The van der Waals surface area contributed by atoms with E-state index in [1.807, 2.05) is 4.57 Å². The van der Waals surface area contributed by atoms with Gasteiger partial charge in [-0.15, -0.1) is 0 Å². The molecule has 6 rings (SSSR count). The maximum Gasteiger partial charge on any atom is 0.386 e. The zero-order valence-corrected chi connectivity index (χ0v) is 26.2. The third-order valence-electron chi connectivity index (χ3n) is 7.28. The summed E-state index contributed by atoms with van der Waals surface area (Å²) in [6.07, 6.45) is 5.08. The van der Waals surface area contributed by atoms with Gasteiger partial charge >= 0.3 is 13.5 Å². The standard InChI is InChI=1S/C22H29N9O8P2S2/c1-2-35-40(33,42)37-7-15-14(5-16(38-15)31-11-28-17-19(23)24-8-25-20(17)31)39-41(34,43)36-6-12-3-13(4-12)30-10-29-18-21(30)26-9-27-22(18)32/h8-16H,2-7H2,1H3,(H,33,42)(H,34,43)(H2,23,24,25)(H,26,27,32)/t12?,13?,14-,15+,16+,40?,41?/m0/s1. The van der Waals surface area contributed by atoms with Crippen LogP contribution in [-0.4, -0.2) is 76.0 Å². The van der Waals surface area contributed by atoms with Crippen molar-refractivity contribution in [2.75, 3.05) is 25.6 Å². The molecule has 1 aliphatic heterocycles. The summed E-state index contributed by atoms with van der Waals surface area (Å²) in [6, 6.07) is 0.0762. The maximum absolute atomic E-state index is 13.4. The van der Waals surface area contributed by atoms with Crippen LogP contribution in [0, 0.1) is 5.92 Å². The smallest absolute Gasteiger partial charge is 0.382 e. The summed E-state index contributed by atoms with van der Waals surface area (Å²) in [5.41, 5.74) is 7.26. The van der Waals surface area contributed by atoms with Crippen LogP contribution in [-0.2, 0) is 39.2 Å². The van der Waals surface area contributed by atoms with Crippen LogP contribution in [0.15, 0.2) is 30.1 Å². The first-order valence-corrected chi connectivity index (χ1v) is 18.6. The molecule has 17 nitrogen and oxygen atoms in total. The van der Waals surface area contributed by atoms with Crippen molar-refractivity contribution in [1.82, 2.24) is 39.0 Å². The van der Waals surface area contributed by atoms with Crippen LogP contribution in [0.3, 0.4) is 0 Å². The van der Waals surface area contributed by atoms with Crippen molar-refractivity contribution in [2.24, 2.45) is 5.92 Å². The molecule has 1 aliphatic carbocycles. The van der Waals surface area contributed by atoms with Gasteiger partial charge in [0.15, 0.2) is 22.6 Å². The van der Waals surface area contributed by atoms with E-state index in [-0.39, 0.29) is 55.1 Å². The van der Waals surface area contributed by atoms with E-state index in [1.165, 1.54) is 19.0 Å². The molecular weight excluding hydrogens is 644 g/mol. The van der Waals surface area contributed by atoms with E-state index in [4.69, 9.17) is 40.4 Å². The van der Waals surface area contributed by atoms with E-state index in [1.54, 1.807) is 17.8 Å². The fourth-order valence-corrected chi connectivity index (χ4v) is 8.00. The lowest BCUT2D eigenvalue weighted by Crippen LogP contribution is -2.30. The lowest BCUT2D eigenvalue weighted by molar-refractivity contribution is -0.0384. The summed E-state index contributed by atoms with van der Waals surface area (Å²) in [5, 5.41) is 0.